The lowest BCUT2D eigenvalue weighted by molar-refractivity contribution is -0.166. The van der Waals surface area contributed by atoms with Gasteiger partial charge in [0.15, 0.2) is 0 Å². The van der Waals surface area contributed by atoms with Crippen molar-refractivity contribution in [1.29, 1.82) is 0 Å². The molecule has 0 unspecified atom stereocenters. The second kappa shape index (κ2) is 4.93. The van der Waals surface area contributed by atoms with Crippen LogP contribution in [0.1, 0.15) is 25.3 Å². The summed E-state index contributed by atoms with van der Waals surface area (Å²) in [5.74, 6) is 0.354. The molecule has 1 aromatic heterocycles. The molecule has 102 valence electrons. The number of pyridine rings is 1. The topological polar surface area (TPSA) is 36.4 Å². The molecule has 0 bridgehead atoms. The molecule has 19 heavy (non-hydrogen) atoms. The minimum absolute atomic E-state index is 0.0339. The highest BCUT2D eigenvalue weighted by molar-refractivity contribution is 5.88. The molecule has 4 heteroatoms. The third-order valence-corrected chi connectivity index (χ3v) is 4.59. The van der Waals surface area contributed by atoms with Gasteiger partial charge in [-0.05, 0) is 44.1 Å². The summed E-state index contributed by atoms with van der Waals surface area (Å²) in [6.45, 7) is 7.08. The largest absolute Gasteiger partial charge is 0.337 e. The van der Waals surface area contributed by atoms with Crippen molar-refractivity contribution in [3.05, 3.63) is 30.1 Å². The van der Waals surface area contributed by atoms with Gasteiger partial charge in [0.05, 0.1) is 5.41 Å². The van der Waals surface area contributed by atoms with Crippen molar-refractivity contribution in [1.82, 2.24) is 14.8 Å². The Labute approximate surface area is 114 Å². The fraction of sp³-hybridized carbons (Fsp3) is 0.600. The summed E-state index contributed by atoms with van der Waals surface area (Å²) in [6, 6.07) is 3.96. The van der Waals surface area contributed by atoms with E-state index in [-0.39, 0.29) is 5.41 Å². The summed E-state index contributed by atoms with van der Waals surface area (Å²) in [5.41, 5.74) is 1.09. The number of piperidine rings is 1. The molecule has 2 aliphatic heterocycles. The SMILES string of the molecule is CCN1CCC2(CC1)CN(Cc1cccnc1)C2=O. The molecule has 0 aromatic carbocycles. The zero-order chi connectivity index (χ0) is 13.3. The molecule has 2 aliphatic rings. The molecule has 3 rings (SSSR count). The highest BCUT2D eigenvalue weighted by atomic mass is 16.2. The average Bonchev–Trinajstić information content (AvgIpc) is 2.48. The Morgan fingerprint density at radius 1 is 1.37 bits per heavy atom. The van der Waals surface area contributed by atoms with Crippen LogP contribution < -0.4 is 0 Å². The van der Waals surface area contributed by atoms with Gasteiger partial charge in [-0.25, -0.2) is 0 Å². The number of rotatable bonds is 3. The van der Waals surface area contributed by atoms with E-state index in [1.807, 2.05) is 23.2 Å². The zero-order valence-electron chi connectivity index (χ0n) is 11.5. The molecule has 1 spiro atoms. The lowest BCUT2D eigenvalue weighted by Gasteiger charge is -2.52. The summed E-state index contributed by atoms with van der Waals surface area (Å²) in [4.78, 5) is 20.9. The summed E-state index contributed by atoms with van der Waals surface area (Å²) in [6.07, 6.45) is 5.67. The summed E-state index contributed by atoms with van der Waals surface area (Å²) < 4.78 is 0. The Kier molecular flexibility index (Phi) is 3.27. The Morgan fingerprint density at radius 3 is 2.74 bits per heavy atom. The monoisotopic (exact) mass is 259 g/mol. The van der Waals surface area contributed by atoms with Crippen molar-refractivity contribution < 1.29 is 4.79 Å². The average molecular weight is 259 g/mol. The van der Waals surface area contributed by atoms with Crippen molar-refractivity contribution in [2.75, 3.05) is 26.2 Å². The van der Waals surface area contributed by atoms with E-state index in [1.165, 1.54) is 0 Å². The maximum atomic E-state index is 12.4. The highest BCUT2D eigenvalue weighted by Gasteiger charge is 2.52. The van der Waals surface area contributed by atoms with Crippen LogP contribution in [0, 0.1) is 5.41 Å². The van der Waals surface area contributed by atoms with Crippen LogP contribution in [0.25, 0.3) is 0 Å². The molecule has 4 nitrogen and oxygen atoms in total. The first-order valence-corrected chi connectivity index (χ1v) is 7.14. The number of carbonyl (C=O) groups excluding carboxylic acids is 1. The van der Waals surface area contributed by atoms with Gasteiger partial charge in [-0.2, -0.15) is 0 Å². The predicted octanol–water partition coefficient (Wildman–Crippen LogP) is 1.53. The van der Waals surface area contributed by atoms with Crippen LogP contribution in [0.15, 0.2) is 24.5 Å². The Bertz CT molecular complexity index is 452. The van der Waals surface area contributed by atoms with Crippen molar-refractivity contribution in [3.8, 4) is 0 Å². The molecule has 3 heterocycles. The molecule has 2 saturated heterocycles. The van der Waals surface area contributed by atoms with Crippen LogP contribution in [-0.4, -0.2) is 46.9 Å². The van der Waals surface area contributed by atoms with Crippen LogP contribution in [0.4, 0.5) is 0 Å². The summed E-state index contributed by atoms with van der Waals surface area (Å²) in [5, 5.41) is 0. The predicted molar refractivity (Wildman–Crippen MR) is 73.4 cm³/mol. The fourth-order valence-electron chi connectivity index (χ4n) is 3.26. The third kappa shape index (κ3) is 2.25. The van der Waals surface area contributed by atoms with Gasteiger partial charge in [0.1, 0.15) is 0 Å². The normalized spacial score (nSPS) is 22.6. The molecule has 0 radical (unpaired) electrons. The smallest absolute Gasteiger partial charge is 0.231 e. The number of nitrogens with zero attached hydrogens (tertiary/aromatic N) is 3. The number of hydrogen-bond acceptors (Lipinski definition) is 3. The molecular formula is C15H21N3O. The van der Waals surface area contributed by atoms with Crippen LogP contribution in [0.5, 0.6) is 0 Å². The number of aromatic nitrogens is 1. The summed E-state index contributed by atoms with van der Waals surface area (Å²) in [7, 11) is 0. The van der Waals surface area contributed by atoms with E-state index in [0.29, 0.717) is 12.5 Å². The molecular weight excluding hydrogens is 238 g/mol. The second-order valence-corrected chi connectivity index (χ2v) is 5.74. The quantitative estimate of drug-likeness (QED) is 0.772. The van der Waals surface area contributed by atoms with Gasteiger partial charge in [-0.3, -0.25) is 9.78 Å². The molecule has 0 atom stereocenters. The first-order valence-electron chi connectivity index (χ1n) is 7.14. The minimum Gasteiger partial charge on any atom is -0.337 e. The first kappa shape index (κ1) is 12.6. The van der Waals surface area contributed by atoms with Gasteiger partial charge < -0.3 is 9.80 Å². The fourth-order valence-corrected chi connectivity index (χ4v) is 3.26. The van der Waals surface area contributed by atoms with Crippen LogP contribution in [0.3, 0.4) is 0 Å². The summed E-state index contributed by atoms with van der Waals surface area (Å²) >= 11 is 0. The Balaban J connectivity index is 1.58. The zero-order valence-corrected chi connectivity index (χ0v) is 11.5. The van der Waals surface area contributed by atoms with E-state index in [4.69, 9.17) is 0 Å². The second-order valence-electron chi connectivity index (χ2n) is 5.74. The van der Waals surface area contributed by atoms with Crippen LogP contribution in [-0.2, 0) is 11.3 Å². The number of β-lactam (4-membered cyclic amide) rings is 1. The van der Waals surface area contributed by atoms with Crippen molar-refractivity contribution in [3.63, 3.8) is 0 Å². The minimum atomic E-state index is -0.0339. The van der Waals surface area contributed by atoms with Gasteiger partial charge in [0.25, 0.3) is 0 Å². The number of likely N-dealkylation sites (tertiary alicyclic amines) is 2. The van der Waals surface area contributed by atoms with E-state index in [1.54, 1.807) is 6.20 Å². The highest BCUT2D eigenvalue weighted by Crippen LogP contribution is 2.42. The van der Waals surface area contributed by atoms with Crippen molar-refractivity contribution >= 4 is 5.91 Å². The number of carbonyl (C=O) groups is 1. The molecule has 0 aliphatic carbocycles. The first-order chi connectivity index (χ1) is 9.23. The van der Waals surface area contributed by atoms with E-state index in [0.717, 1.165) is 44.6 Å². The maximum absolute atomic E-state index is 12.4. The van der Waals surface area contributed by atoms with Crippen molar-refractivity contribution in [2.24, 2.45) is 5.41 Å². The van der Waals surface area contributed by atoms with E-state index < -0.39 is 0 Å². The molecule has 0 N–H and O–H groups in total. The lowest BCUT2D eigenvalue weighted by Crippen LogP contribution is -2.64. The van der Waals surface area contributed by atoms with Gasteiger partial charge in [-0.1, -0.05) is 13.0 Å². The molecule has 0 saturated carbocycles. The molecule has 2 fully saturated rings. The lowest BCUT2D eigenvalue weighted by atomic mass is 9.71. The van der Waals surface area contributed by atoms with Gasteiger partial charge >= 0.3 is 0 Å². The maximum Gasteiger partial charge on any atom is 0.231 e. The Morgan fingerprint density at radius 2 is 2.16 bits per heavy atom. The van der Waals surface area contributed by atoms with Crippen LogP contribution in [0.2, 0.25) is 0 Å². The molecule has 1 amide bonds. The number of hydrogen-bond donors (Lipinski definition) is 0. The Hall–Kier alpha value is -1.42. The molecule has 1 aromatic rings. The van der Waals surface area contributed by atoms with E-state index >= 15 is 0 Å². The van der Waals surface area contributed by atoms with Gasteiger partial charge in [-0.15, -0.1) is 0 Å². The third-order valence-electron chi connectivity index (χ3n) is 4.59. The van der Waals surface area contributed by atoms with Crippen LogP contribution >= 0.6 is 0 Å². The van der Waals surface area contributed by atoms with Gasteiger partial charge in [0.2, 0.25) is 5.91 Å². The van der Waals surface area contributed by atoms with Gasteiger partial charge in [0, 0.05) is 25.5 Å². The number of amides is 1. The van der Waals surface area contributed by atoms with Crippen molar-refractivity contribution in [2.45, 2.75) is 26.3 Å². The van der Waals surface area contributed by atoms with E-state index in [2.05, 4.69) is 16.8 Å². The standard InChI is InChI=1S/C15H21N3O/c1-2-17-8-5-15(6-9-17)12-18(14(15)19)11-13-4-3-7-16-10-13/h3-4,7,10H,2,5-6,8-9,11-12H2,1H3. The van der Waals surface area contributed by atoms with E-state index in [9.17, 15) is 4.79 Å².